The van der Waals surface area contributed by atoms with Crippen molar-refractivity contribution in [2.24, 2.45) is 0 Å². The summed E-state index contributed by atoms with van der Waals surface area (Å²) in [5.74, 6) is -0.816. The Morgan fingerprint density at radius 1 is 0.583 bits per heavy atom. The number of hydrogen-bond donors (Lipinski definition) is 1. The van der Waals surface area contributed by atoms with Crippen LogP contribution < -0.4 is 0 Å². The molecule has 0 aliphatic rings. The Kier molecular flexibility index (Phi) is 33.8. The molecular weight excluding hydrogens is 627 g/mol. The maximum Gasteiger partial charge on any atom is 0.472 e. The number of carbonyl (C=O) groups is 2. The van der Waals surface area contributed by atoms with Crippen LogP contribution in [0.3, 0.4) is 0 Å². The molecule has 0 aromatic carbocycles. The molecule has 0 saturated heterocycles. The van der Waals surface area contributed by atoms with Gasteiger partial charge in [-0.2, -0.15) is 0 Å². The van der Waals surface area contributed by atoms with Gasteiger partial charge < -0.3 is 14.4 Å². The third-order valence-electron chi connectivity index (χ3n) is 7.96. The summed E-state index contributed by atoms with van der Waals surface area (Å²) in [6.45, 7) is 5.33. The van der Waals surface area contributed by atoms with Gasteiger partial charge in [0.1, 0.15) is 6.61 Å². The largest absolute Gasteiger partial charge is 0.472 e. The van der Waals surface area contributed by atoms with Gasteiger partial charge in [0, 0.05) is 12.8 Å². The lowest BCUT2D eigenvalue weighted by molar-refractivity contribution is -0.161. The van der Waals surface area contributed by atoms with Crippen LogP contribution in [0.4, 0.5) is 0 Å². The van der Waals surface area contributed by atoms with E-state index in [-0.39, 0.29) is 25.6 Å². The fourth-order valence-corrected chi connectivity index (χ4v) is 5.93. The highest BCUT2D eigenvalue weighted by atomic mass is 31.2. The molecule has 0 aliphatic carbocycles. The summed E-state index contributed by atoms with van der Waals surface area (Å²) in [6.07, 6.45) is 37.6. The van der Waals surface area contributed by atoms with Crippen molar-refractivity contribution in [1.82, 2.24) is 0 Å². The molecule has 0 aromatic heterocycles. The molecule has 48 heavy (non-hydrogen) atoms. The standard InChI is InChI=1S/C39H71O8P/c1-4-7-9-11-13-15-17-19-20-22-24-26-28-30-32-34-39(41)47-37(36-46-48(42,43)45-6-3)35-44-38(40)33-31-29-27-25-23-21-18-16-14-12-10-8-5-2/h7,9,13,15,19-20,37H,4-6,8,10-12,14,16-18,21-36H2,1-3H3,(H,42,43)/b9-7-,15-13-,20-19-. The monoisotopic (exact) mass is 698 g/mol. The van der Waals surface area contributed by atoms with Crippen molar-refractivity contribution in [2.45, 2.75) is 181 Å². The molecule has 8 nitrogen and oxygen atoms in total. The zero-order valence-corrected chi connectivity index (χ0v) is 31.8. The van der Waals surface area contributed by atoms with Crippen molar-refractivity contribution in [3.8, 4) is 0 Å². The fourth-order valence-electron chi connectivity index (χ4n) is 5.17. The molecule has 0 fully saturated rings. The summed E-state index contributed by atoms with van der Waals surface area (Å²) in [7, 11) is -4.28. The van der Waals surface area contributed by atoms with Crippen molar-refractivity contribution < 1.29 is 37.6 Å². The molecule has 0 aliphatic heterocycles. The van der Waals surface area contributed by atoms with Gasteiger partial charge in [-0.05, 0) is 51.9 Å². The maximum absolute atomic E-state index is 12.5. The van der Waals surface area contributed by atoms with Crippen molar-refractivity contribution >= 4 is 19.8 Å². The van der Waals surface area contributed by atoms with Crippen LogP contribution in [-0.4, -0.2) is 42.8 Å². The van der Waals surface area contributed by atoms with Gasteiger partial charge in [-0.1, -0.05) is 147 Å². The lowest BCUT2D eigenvalue weighted by Gasteiger charge is -2.19. The van der Waals surface area contributed by atoms with Gasteiger partial charge in [0.25, 0.3) is 0 Å². The number of carbonyl (C=O) groups excluding carboxylic acids is 2. The van der Waals surface area contributed by atoms with E-state index in [4.69, 9.17) is 18.5 Å². The predicted molar refractivity (Wildman–Crippen MR) is 198 cm³/mol. The van der Waals surface area contributed by atoms with Crippen LogP contribution in [-0.2, 0) is 32.7 Å². The van der Waals surface area contributed by atoms with Crippen molar-refractivity contribution in [1.29, 1.82) is 0 Å². The highest BCUT2D eigenvalue weighted by molar-refractivity contribution is 7.47. The molecule has 0 radical (unpaired) electrons. The number of esters is 2. The van der Waals surface area contributed by atoms with E-state index in [1.165, 1.54) is 64.2 Å². The van der Waals surface area contributed by atoms with Gasteiger partial charge in [-0.25, -0.2) is 4.57 Å². The Morgan fingerprint density at radius 2 is 1.06 bits per heavy atom. The van der Waals surface area contributed by atoms with Crippen LogP contribution in [0.5, 0.6) is 0 Å². The van der Waals surface area contributed by atoms with E-state index in [2.05, 4.69) is 50.3 Å². The Bertz CT molecular complexity index is 885. The number of phosphoric acid groups is 1. The molecule has 9 heteroatoms. The minimum absolute atomic E-state index is 0.00280. The van der Waals surface area contributed by atoms with Gasteiger partial charge in [0.05, 0.1) is 13.2 Å². The quantitative estimate of drug-likeness (QED) is 0.0301. The molecule has 1 N–H and O–H groups in total. The van der Waals surface area contributed by atoms with E-state index in [0.29, 0.717) is 12.8 Å². The highest BCUT2D eigenvalue weighted by Crippen LogP contribution is 2.43. The maximum atomic E-state index is 12.5. The molecule has 2 atom stereocenters. The first-order chi connectivity index (χ1) is 23.3. The van der Waals surface area contributed by atoms with Gasteiger partial charge in [0.2, 0.25) is 0 Å². The molecule has 0 bridgehead atoms. The fraction of sp³-hybridized carbons (Fsp3) is 0.795. The lowest BCUT2D eigenvalue weighted by atomic mass is 10.0. The number of ether oxygens (including phenoxy) is 2. The van der Waals surface area contributed by atoms with E-state index in [1.54, 1.807) is 6.92 Å². The SMILES string of the molecule is CC/C=C\C/C=C\C/C=C\CCCCCCCC(=O)OC(COC(=O)CCCCCCCCCCCCCCC)COP(=O)(O)OCC. The summed E-state index contributed by atoms with van der Waals surface area (Å²) >= 11 is 0. The molecule has 0 spiro atoms. The van der Waals surface area contributed by atoms with E-state index < -0.39 is 26.5 Å². The second-order valence-electron chi connectivity index (χ2n) is 12.6. The highest BCUT2D eigenvalue weighted by Gasteiger charge is 2.25. The van der Waals surface area contributed by atoms with Gasteiger partial charge in [-0.15, -0.1) is 0 Å². The number of rotatable bonds is 35. The summed E-state index contributed by atoms with van der Waals surface area (Å²) in [5, 5.41) is 0. The summed E-state index contributed by atoms with van der Waals surface area (Å²) in [5.41, 5.74) is 0. The topological polar surface area (TPSA) is 108 Å². The molecule has 280 valence electrons. The van der Waals surface area contributed by atoms with E-state index >= 15 is 0 Å². The molecule has 0 amide bonds. The van der Waals surface area contributed by atoms with Crippen LogP contribution in [0.25, 0.3) is 0 Å². The number of allylic oxidation sites excluding steroid dienone is 6. The first-order valence-electron chi connectivity index (χ1n) is 19.3. The van der Waals surface area contributed by atoms with Crippen molar-refractivity contribution in [3.05, 3.63) is 36.5 Å². The summed E-state index contributed by atoms with van der Waals surface area (Å²) < 4.78 is 32.5. The van der Waals surface area contributed by atoms with Crippen LogP contribution in [0.2, 0.25) is 0 Å². The van der Waals surface area contributed by atoms with Crippen molar-refractivity contribution in [2.75, 3.05) is 19.8 Å². The zero-order valence-electron chi connectivity index (χ0n) is 30.9. The first kappa shape index (κ1) is 46.3. The molecule has 0 rings (SSSR count). The summed E-state index contributed by atoms with van der Waals surface area (Å²) in [4.78, 5) is 34.6. The Hall–Kier alpha value is -1.73. The van der Waals surface area contributed by atoms with E-state index in [9.17, 15) is 19.0 Å². The van der Waals surface area contributed by atoms with Crippen molar-refractivity contribution in [3.63, 3.8) is 0 Å². The van der Waals surface area contributed by atoms with Crippen LogP contribution in [0, 0.1) is 0 Å². The Balaban J connectivity index is 4.17. The lowest BCUT2D eigenvalue weighted by Crippen LogP contribution is -2.29. The average molecular weight is 699 g/mol. The number of phosphoric ester groups is 1. The van der Waals surface area contributed by atoms with Crippen LogP contribution >= 0.6 is 7.82 Å². The predicted octanol–water partition coefficient (Wildman–Crippen LogP) is 11.7. The van der Waals surface area contributed by atoms with Gasteiger partial charge >= 0.3 is 19.8 Å². The first-order valence-corrected chi connectivity index (χ1v) is 20.8. The third kappa shape index (κ3) is 34.1. The molecule has 0 saturated carbocycles. The number of hydrogen-bond acceptors (Lipinski definition) is 7. The Labute approximate surface area is 294 Å². The third-order valence-corrected chi connectivity index (χ3v) is 9.02. The van der Waals surface area contributed by atoms with E-state index in [0.717, 1.165) is 70.6 Å². The average Bonchev–Trinajstić information content (AvgIpc) is 3.06. The smallest absolute Gasteiger partial charge is 0.462 e. The second-order valence-corrected chi connectivity index (χ2v) is 14.0. The molecule has 2 unspecified atom stereocenters. The van der Waals surface area contributed by atoms with Crippen LogP contribution in [0.15, 0.2) is 36.5 Å². The summed E-state index contributed by atoms with van der Waals surface area (Å²) in [6, 6.07) is 0. The zero-order chi connectivity index (χ0) is 35.4. The normalized spacial score (nSPS) is 13.8. The molecular formula is C39H71O8P. The molecule has 0 aromatic rings. The minimum Gasteiger partial charge on any atom is -0.462 e. The van der Waals surface area contributed by atoms with E-state index in [1.807, 2.05) is 0 Å². The second kappa shape index (κ2) is 35.1. The molecule has 0 heterocycles. The van der Waals surface area contributed by atoms with Gasteiger partial charge in [0.15, 0.2) is 6.10 Å². The van der Waals surface area contributed by atoms with Gasteiger partial charge in [-0.3, -0.25) is 18.6 Å². The van der Waals surface area contributed by atoms with Crippen LogP contribution in [0.1, 0.15) is 175 Å². The number of unbranched alkanes of at least 4 members (excludes halogenated alkanes) is 17. The Morgan fingerprint density at radius 3 is 1.60 bits per heavy atom. The minimum atomic E-state index is -4.28.